The van der Waals surface area contributed by atoms with Gasteiger partial charge in [-0.05, 0) is 43.2 Å². The van der Waals surface area contributed by atoms with Gasteiger partial charge in [0.25, 0.3) is 0 Å². The first-order chi connectivity index (χ1) is 13.5. The Morgan fingerprint density at radius 2 is 2.18 bits per heavy atom. The first-order valence-corrected chi connectivity index (χ1v) is 9.63. The Balaban J connectivity index is 1.46. The third-order valence-corrected chi connectivity index (χ3v) is 5.23. The third kappa shape index (κ3) is 3.67. The summed E-state index contributed by atoms with van der Waals surface area (Å²) in [6, 6.07) is 11.2. The summed E-state index contributed by atoms with van der Waals surface area (Å²) >= 11 is 0. The molecule has 2 N–H and O–H groups in total. The fraction of sp³-hybridized carbons (Fsp3) is 0.318. The van der Waals surface area contributed by atoms with Crippen LogP contribution in [-0.4, -0.2) is 15.6 Å². The molecule has 1 aliphatic heterocycles. The van der Waals surface area contributed by atoms with Crippen LogP contribution in [0, 0.1) is 5.82 Å². The molecule has 0 radical (unpaired) electrons. The van der Waals surface area contributed by atoms with Crippen LogP contribution >= 0.6 is 0 Å². The van der Waals surface area contributed by atoms with E-state index in [0.717, 1.165) is 35.1 Å². The second kappa shape index (κ2) is 7.54. The number of benzene rings is 2. The van der Waals surface area contributed by atoms with E-state index < -0.39 is 0 Å². The molecule has 2 heterocycles. The Morgan fingerprint density at radius 3 is 2.93 bits per heavy atom. The predicted octanol–water partition coefficient (Wildman–Crippen LogP) is 4.77. The minimum absolute atomic E-state index is 0.0112. The maximum Gasteiger partial charge on any atom is 0.166 e. The number of halogens is 1. The van der Waals surface area contributed by atoms with Crippen LogP contribution in [-0.2, 0) is 7.05 Å². The number of ether oxygens (including phenoxy) is 1. The van der Waals surface area contributed by atoms with E-state index in [1.165, 1.54) is 6.07 Å². The second-order valence-corrected chi connectivity index (χ2v) is 7.31. The van der Waals surface area contributed by atoms with Gasteiger partial charge >= 0.3 is 0 Å². The number of rotatable bonds is 6. The van der Waals surface area contributed by atoms with Crippen LogP contribution in [0.1, 0.15) is 38.3 Å². The molecule has 2 atom stereocenters. The average molecular weight is 380 g/mol. The van der Waals surface area contributed by atoms with Gasteiger partial charge in [0, 0.05) is 43.5 Å². The first kappa shape index (κ1) is 18.3. The van der Waals surface area contributed by atoms with Crippen molar-refractivity contribution < 1.29 is 9.13 Å². The summed E-state index contributed by atoms with van der Waals surface area (Å²) in [6.07, 6.45) is 5.82. The molecule has 3 aromatic rings. The molecule has 0 fully saturated rings. The van der Waals surface area contributed by atoms with Crippen molar-refractivity contribution in [3.63, 3.8) is 0 Å². The van der Waals surface area contributed by atoms with E-state index in [0.29, 0.717) is 11.8 Å². The van der Waals surface area contributed by atoms with Crippen LogP contribution in [0.4, 0.5) is 4.39 Å². The molecule has 6 heteroatoms. The largest absolute Gasteiger partial charge is 0.454 e. The van der Waals surface area contributed by atoms with Gasteiger partial charge in [-0.3, -0.25) is 0 Å². The highest BCUT2D eigenvalue weighted by molar-refractivity contribution is 5.77. The Labute approximate surface area is 164 Å². The van der Waals surface area contributed by atoms with Gasteiger partial charge < -0.3 is 19.9 Å². The van der Waals surface area contributed by atoms with Gasteiger partial charge in [0.05, 0.1) is 17.4 Å². The highest BCUT2D eigenvalue weighted by Gasteiger charge is 2.17. The van der Waals surface area contributed by atoms with Crippen molar-refractivity contribution in [2.24, 2.45) is 7.05 Å². The number of imidazole rings is 1. The summed E-state index contributed by atoms with van der Waals surface area (Å²) < 4.78 is 22.3. The van der Waals surface area contributed by atoms with E-state index in [1.807, 2.05) is 49.0 Å². The Bertz CT molecular complexity index is 1030. The summed E-state index contributed by atoms with van der Waals surface area (Å²) in [7, 11) is 1.93. The number of nitrogens with one attached hydrogen (secondary N) is 2. The first-order valence-electron chi connectivity index (χ1n) is 9.63. The minimum atomic E-state index is -0.378. The highest BCUT2D eigenvalue weighted by atomic mass is 19.1. The highest BCUT2D eigenvalue weighted by Crippen LogP contribution is 2.29. The Hall–Kier alpha value is -3.02. The maximum absolute atomic E-state index is 14.6. The number of fused-ring (bicyclic) bond motifs is 1. The average Bonchev–Trinajstić information content (AvgIpc) is 3.29. The van der Waals surface area contributed by atoms with Crippen molar-refractivity contribution in [3.8, 4) is 11.5 Å². The predicted molar refractivity (Wildman–Crippen MR) is 109 cm³/mol. The van der Waals surface area contributed by atoms with Gasteiger partial charge in [-0.25, -0.2) is 9.37 Å². The van der Waals surface area contributed by atoms with Gasteiger partial charge in [-0.2, -0.15) is 0 Å². The third-order valence-electron chi connectivity index (χ3n) is 5.23. The van der Waals surface area contributed by atoms with Crippen LogP contribution in [0.3, 0.4) is 0 Å². The number of aryl methyl sites for hydroxylation is 1. The Kier molecular flexibility index (Phi) is 4.94. The molecule has 4 rings (SSSR count). The number of nitrogens with zero attached hydrogens (tertiary/aromatic N) is 2. The van der Waals surface area contributed by atoms with E-state index in [4.69, 9.17) is 4.74 Å². The molecule has 1 aromatic heterocycles. The molecule has 0 aliphatic carbocycles. The minimum Gasteiger partial charge on any atom is -0.454 e. The van der Waals surface area contributed by atoms with Gasteiger partial charge in [0.1, 0.15) is 5.75 Å². The monoisotopic (exact) mass is 380 g/mol. The summed E-state index contributed by atoms with van der Waals surface area (Å²) in [5.74, 6) is 0.396. The number of hydrogen-bond donors (Lipinski definition) is 2. The van der Waals surface area contributed by atoms with E-state index in [2.05, 4.69) is 22.5 Å². The molecule has 2 aromatic carbocycles. The number of aromatic nitrogens is 2. The van der Waals surface area contributed by atoms with E-state index in [9.17, 15) is 4.39 Å². The topological polar surface area (TPSA) is 51.1 Å². The van der Waals surface area contributed by atoms with Crippen LogP contribution in [0.15, 0.2) is 54.6 Å². The molecule has 1 aliphatic rings. The molecular formula is C22H25FN4O. The molecule has 0 bridgehead atoms. The molecule has 0 saturated heterocycles. The van der Waals surface area contributed by atoms with Gasteiger partial charge in [-0.15, -0.1) is 0 Å². The van der Waals surface area contributed by atoms with Crippen LogP contribution in [0.25, 0.3) is 11.0 Å². The maximum atomic E-state index is 14.6. The summed E-state index contributed by atoms with van der Waals surface area (Å²) in [6.45, 7) is 4.20. The van der Waals surface area contributed by atoms with Crippen LogP contribution < -0.4 is 15.4 Å². The lowest BCUT2D eigenvalue weighted by Gasteiger charge is -2.17. The molecule has 0 spiro atoms. The standard InChI is InChI=1S/C22H25FN4O/c1-4-16-10-17(12-24-16)26-14(2)15-5-8-22(19(23)9-15)28-18-6-7-21-20(11-18)25-13-27(21)3/h5-9,11-14,16,24,26H,4,10H2,1-3H3. The van der Waals surface area contributed by atoms with Crippen molar-refractivity contribution in [1.82, 2.24) is 20.2 Å². The van der Waals surface area contributed by atoms with Crippen molar-refractivity contribution in [2.45, 2.75) is 38.8 Å². The summed E-state index contributed by atoms with van der Waals surface area (Å²) in [5.41, 5.74) is 3.86. The quantitative estimate of drug-likeness (QED) is 0.647. The van der Waals surface area contributed by atoms with E-state index in [1.54, 1.807) is 12.4 Å². The molecule has 28 heavy (non-hydrogen) atoms. The second-order valence-electron chi connectivity index (χ2n) is 7.31. The lowest BCUT2D eigenvalue weighted by molar-refractivity contribution is 0.441. The smallest absolute Gasteiger partial charge is 0.166 e. The zero-order valence-electron chi connectivity index (χ0n) is 16.4. The molecule has 5 nitrogen and oxygen atoms in total. The zero-order chi connectivity index (χ0) is 19.7. The summed E-state index contributed by atoms with van der Waals surface area (Å²) in [5, 5.41) is 6.81. The lowest BCUT2D eigenvalue weighted by Crippen LogP contribution is -2.20. The van der Waals surface area contributed by atoms with Gasteiger partial charge in [0.15, 0.2) is 11.6 Å². The fourth-order valence-corrected chi connectivity index (χ4v) is 3.50. The van der Waals surface area contributed by atoms with Crippen molar-refractivity contribution >= 4 is 11.0 Å². The zero-order valence-corrected chi connectivity index (χ0v) is 16.4. The van der Waals surface area contributed by atoms with Crippen LogP contribution in [0.5, 0.6) is 11.5 Å². The molecule has 0 saturated carbocycles. The lowest BCUT2D eigenvalue weighted by atomic mass is 10.1. The fourth-order valence-electron chi connectivity index (χ4n) is 3.50. The van der Waals surface area contributed by atoms with E-state index in [-0.39, 0.29) is 17.6 Å². The molecule has 146 valence electrons. The number of hydrogen-bond acceptors (Lipinski definition) is 4. The normalized spacial score (nSPS) is 17.3. The van der Waals surface area contributed by atoms with Crippen molar-refractivity contribution in [1.29, 1.82) is 0 Å². The SMILES string of the molecule is CCC1CC(NC(C)c2ccc(Oc3ccc4c(c3)ncn4C)c(F)c2)=CN1. The molecule has 2 unspecified atom stereocenters. The van der Waals surface area contributed by atoms with Gasteiger partial charge in [-0.1, -0.05) is 13.0 Å². The van der Waals surface area contributed by atoms with Crippen LogP contribution in [0.2, 0.25) is 0 Å². The summed E-state index contributed by atoms with van der Waals surface area (Å²) in [4.78, 5) is 4.31. The molecular weight excluding hydrogens is 355 g/mol. The van der Waals surface area contributed by atoms with Crippen molar-refractivity contribution in [2.75, 3.05) is 0 Å². The van der Waals surface area contributed by atoms with E-state index >= 15 is 0 Å². The molecule has 0 amide bonds. The van der Waals surface area contributed by atoms with Gasteiger partial charge in [0.2, 0.25) is 0 Å². The van der Waals surface area contributed by atoms with Crippen molar-refractivity contribution in [3.05, 3.63) is 66.0 Å². The Morgan fingerprint density at radius 1 is 1.32 bits per heavy atom.